The van der Waals surface area contributed by atoms with E-state index in [2.05, 4.69) is 46.1 Å². The smallest absolute Gasteiger partial charge is 0.0574 e. The van der Waals surface area contributed by atoms with Crippen LogP contribution in [0, 0.1) is 20.8 Å². The van der Waals surface area contributed by atoms with Crippen molar-refractivity contribution >= 4 is 6.21 Å². The zero-order chi connectivity index (χ0) is 18.1. The van der Waals surface area contributed by atoms with Gasteiger partial charge in [0.15, 0.2) is 0 Å². The van der Waals surface area contributed by atoms with Crippen LogP contribution in [0.1, 0.15) is 42.0 Å². The van der Waals surface area contributed by atoms with Gasteiger partial charge >= 0.3 is 0 Å². The number of allylic oxidation sites excluding steroid dienone is 4. The van der Waals surface area contributed by atoms with Gasteiger partial charge in [0, 0.05) is 11.9 Å². The quantitative estimate of drug-likeness (QED) is 0.391. The normalized spacial score (nSPS) is 14.0. The molecule has 0 aromatic heterocycles. The average molecular weight is 322 g/mol. The first-order valence-electron chi connectivity index (χ1n) is 8.34. The Bertz CT molecular complexity index is 671. The Kier molecular flexibility index (Phi) is 7.97. The van der Waals surface area contributed by atoms with Crippen LogP contribution < -0.4 is 5.73 Å². The lowest BCUT2D eigenvalue weighted by Crippen LogP contribution is -2.05. The minimum atomic E-state index is 0.152. The second kappa shape index (κ2) is 9.71. The summed E-state index contributed by atoms with van der Waals surface area (Å²) in [4.78, 5) is 4.79. The zero-order valence-corrected chi connectivity index (χ0v) is 15.5. The summed E-state index contributed by atoms with van der Waals surface area (Å²) in [5.41, 5.74) is 12.6. The molecule has 1 atom stereocenters. The maximum Gasteiger partial charge on any atom is 0.0574 e. The van der Waals surface area contributed by atoms with E-state index in [-0.39, 0.29) is 6.04 Å². The predicted octanol–water partition coefficient (Wildman–Crippen LogP) is 5.34. The van der Waals surface area contributed by atoms with Gasteiger partial charge in [-0.3, -0.25) is 4.99 Å². The van der Waals surface area contributed by atoms with Crippen LogP contribution in [0.4, 0.5) is 0 Å². The highest BCUT2D eigenvalue weighted by molar-refractivity contribution is 5.82. The molecule has 1 rings (SSSR count). The topological polar surface area (TPSA) is 38.4 Å². The van der Waals surface area contributed by atoms with Crippen LogP contribution in [-0.4, -0.2) is 12.3 Å². The average Bonchev–Trinajstić information content (AvgIpc) is 2.53. The van der Waals surface area contributed by atoms with Gasteiger partial charge in [0.1, 0.15) is 0 Å². The lowest BCUT2D eigenvalue weighted by atomic mass is 10.0. The van der Waals surface area contributed by atoms with Gasteiger partial charge in [-0.1, -0.05) is 30.9 Å². The van der Waals surface area contributed by atoms with Gasteiger partial charge in [0.25, 0.3) is 0 Å². The fourth-order valence-electron chi connectivity index (χ4n) is 2.43. The molecule has 1 aromatic carbocycles. The number of rotatable bonds is 8. The highest BCUT2D eigenvalue weighted by atomic mass is 14.8. The molecule has 0 radical (unpaired) electrons. The van der Waals surface area contributed by atoms with Crippen LogP contribution in [0.15, 0.2) is 65.9 Å². The summed E-state index contributed by atoms with van der Waals surface area (Å²) in [6.45, 7) is 16.0. The summed E-state index contributed by atoms with van der Waals surface area (Å²) in [5, 5.41) is 0. The number of aliphatic imine (C=N–C) groups is 1. The van der Waals surface area contributed by atoms with E-state index >= 15 is 0 Å². The van der Waals surface area contributed by atoms with Crippen molar-refractivity contribution in [3.63, 3.8) is 0 Å². The number of aryl methyl sites for hydroxylation is 3. The summed E-state index contributed by atoms with van der Waals surface area (Å²) in [6, 6.07) is 4.56. The highest BCUT2D eigenvalue weighted by Crippen LogP contribution is 2.17. The molecule has 0 amide bonds. The van der Waals surface area contributed by atoms with Gasteiger partial charge in [-0.05, 0) is 80.5 Å². The Balaban J connectivity index is 2.99. The Morgan fingerprint density at radius 1 is 1.12 bits per heavy atom. The van der Waals surface area contributed by atoms with Crippen molar-refractivity contribution in [2.75, 3.05) is 0 Å². The van der Waals surface area contributed by atoms with Crippen LogP contribution in [0.25, 0.3) is 0 Å². The summed E-state index contributed by atoms with van der Waals surface area (Å²) < 4.78 is 0. The second-order valence-electron chi connectivity index (χ2n) is 6.31. The fourth-order valence-corrected chi connectivity index (χ4v) is 2.43. The van der Waals surface area contributed by atoms with E-state index in [0.717, 1.165) is 24.1 Å². The van der Waals surface area contributed by atoms with Gasteiger partial charge < -0.3 is 5.73 Å². The molecule has 0 fully saturated rings. The van der Waals surface area contributed by atoms with Gasteiger partial charge in [0.05, 0.1) is 6.04 Å². The van der Waals surface area contributed by atoms with Crippen molar-refractivity contribution < 1.29 is 0 Å². The minimum absolute atomic E-state index is 0.152. The Labute approximate surface area is 147 Å². The van der Waals surface area contributed by atoms with Gasteiger partial charge in [-0.15, -0.1) is 6.58 Å². The van der Waals surface area contributed by atoms with Crippen molar-refractivity contribution in [2.24, 2.45) is 10.7 Å². The number of benzene rings is 1. The third-order valence-corrected chi connectivity index (χ3v) is 4.04. The monoisotopic (exact) mass is 322 g/mol. The summed E-state index contributed by atoms with van der Waals surface area (Å²) in [6.07, 6.45) is 11.3. The first kappa shape index (κ1) is 19.7. The van der Waals surface area contributed by atoms with Crippen molar-refractivity contribution in [3.8, 4) is 0 Å². The molecule has 0 aliphatic carbocycles. The molecule has 2 nitrogen and oxygen atoms in total. The second-order valence-corrected chi connectivity index (χ2v) is 6.31. The Morgan fingerprint density at radius 3 is 2.38 bits per heavy atom. The fraction of sp³-hybridized carbons (Fsp3) is 0.318. The summed E-state index contributed by atoms with van der Waals surface area (Å²) in [5.74, 6) is 0. The van der Waals surface area contributed by atoms with Gasteiger partial charge in [0.2, 0.25) is 0 Å². The molecule has 1 unspecified atom stereocenters. The van der Waals surface area contributed by atoms with Crippen molar-refractivity contribution in [1.29, 1.82) is 0 Å². The first-order valence-corrected chi connectivity index (χ1v) is 8.34. The van der Waals surface area contributed by atoms with Crippen molar-refractivity contribution in [1.82, 2.24) is 0 Å². The molecule has 24 heavy (non-hydrogen) atoms. The first-order chi connectivity index (χ1) is 11.4. The molecule has 0 spiro atoms. The molecule has 128 valence electrons. The molecule has 2 N–H and O–H groups in total. The molecule has 0 aliphatic heterocycles. The van der Waals surface area contributed by atoms with E-state index in [1.165, 1.54) is 22.3 Å². The maximum atomic E-state index is 5.70. The van der Waals surface area contributed by atoms with E-state index in [9.17, 15) is 0 Å². The van der Waals surface area contributed by atoms with Crippen LogP contribution in [0.5, 0.6) is 0 Å². The number of hydrogen-bond donors (Lipinski definition) is 1. The van der Waals surface area contributed by atoms with E-state index < -0.39 is 0 Å². The van der Waals surface area contributed by atoms with E-state index in [1.807, 2.05) is 37.4 Å². The SMILES string of the molecule is C=CCC(C/C(C=C)=C/C=C(/C)N)N=Cc1cc(C)c(C)cc1C. The standard InChI is InChI=1S/C22H30N2/c1-7-9-22(14-20(8-2)11-10-19(6)23)24-15-21-13-17(4)16(3)12-18(21)5/h7-8,10-13,15,22H,1-2,9,14,23H2,3-6H3/b19-10-,20-11+,24-15?. The summed E-state index contributed by atoms with van der Waals surface area (Å²) in [7, 11) is 0. The van der Waals surface area contributed by atoms with Crippen LogP contribution in [-0.2, 0) is 0 Å². The summed E-state index contributed by atoms with van der Waals surface area (Å²) >= 11 is 0. The minimum Gasteiger partial charge on any atom is -0.402 e. The number of nitrogens with two attached hydrogens (primary N) is 1. The molecule has 1 aromatic rings. The van der Waals surface area contributed by atoms with Crippen LogP contribution >= 0.6 is 0 Å². The molecule has 0 heterocycles. The van der Waals surface area contributed by atoms with Gasteiger partial charge in [-0.25, -0.2) is 0 Å². The van der Waals surface area contributed by atoms with Crippen molar-refractivity contribution in [2.45, 2.75) is 46.6 Å². The molecule has 0 saturated carbocycles. The third-order valence-electron chi connectivity index (χ3n) is 4.04. The van der Waals surface area contributed by atoms with Crippen LogP contribution in [0.3, 0.4) is 0 Å². The molecule has 0 saturated heterocycles. The zero-order valence-electron chi connectivity index (χ0n) is 15.5. The number of nitrogens with zero attached hydrogens (tertiary/aromatic N) is 1. The molecular formula is C22H30N2. The molecule has 0 aliphatic rings. The van der Waals surface area contributed by atoms with E-state index in [1.54, 1.807) is 0 Å². The largest absolute Gasteiger partial charge is 0.402 e. The van der Waals surface area contributed by atoms with E-state index in [4.69, 9.17) is 10.7 Å². The molecule has 0 bridgehead atoms. The highest BCUT2D eigenvalue weighted by Gasteiger charge is 2.07. The predicted molar refractivity (Wildman–Crippen MR) is 108 cm³/mol. The van der Waals surface area contributed by atoms with Crippen LogP contribution in [0.2, 0.25) is 0 Å². The van der Waals surface area contributed by atoms with Gasteiger partial charge in [-0.2, -0.15) is 0 Å². The lowest BCUT2D eigenvalue weighted by Gasteiger charge is -2.12. The maximum absolute atomic E-state index is 5.70. The third kappa shape index (κ3) is 6.41. The lowest BCUT2D eigenvalue weighted by molar-refractivity contribution is 0.688. The Hall–Kier alpha value is -2.35. The Morgan fingerprint density at radius 2 is 1.79 bits per heavy atom. The molecule has 2 heteroatoms. The van der Waals surface area contributed by atoms with E-state index in [0.29, 0.717) is 0 Å². The van der Waals surface area contributed by atoms with Crippen molar-refractivity contribution in [3.05, 3.63) is 83.1 Å². The number of hydrogen-bond acceptors (Lipinski definition) is 2. The molecular weight excluding hydrogens is 292 g/mol.